The van der Waals surface area contributed by atoms with Gasteiger partial charge in [0.25, 0.3) is 0 Å². The van der Waals surface area contributed by atoms with E-state index in [1.807, 2.05) is 0 Å². The van der Waals surface area contributed by atoms with Crippen molar-refractivity contribution >= 4 is 30.9 Å². The van der Waals surface area contributed by atoms with Gasteiger partial charge in [-0.15, -0.1) is 0 Å². The third-order valence-electron chi connectivity index (χ3n) is 7.37. The van der Waals surface area contributed by atoms with Gasteiger partial charge in [0.2, 0.25) is 0 Å². The number of hydrogen-bond donors (Lipinski definition) is 0. The molecule has 0 heterocycles. The van der Waals surface area contributed by atoms with Gasteiger partial charge in [-0.3, -0.25) is 0 Å². The molecule has 2 aromatic carbocycles. The van der Waals surface area contributed by atoms with Crippen LogP contribution in [0.3, 0.4) is 0 Å². The predicted molar refractivity (Wildman–Crippen MR) is 143 cm³/mol. The summed E-state index contributed by atoms with van der Waals surface area (Å²) in [7, 11) is 0. The van der Waals surface area contributed by atoms with Crippen molar-refractivity contribution in [3.8, 4) is 0 Å². The Kier molecular flexibility index (Phi) is 8.47. The van der Waals surface area contributed by atoms with Crippen molar-refractivity contribution in [2.75, 3.05) is 22.9 Å². The van der Waals surface area contributed by atoms with E-state index in [0.717, 1.165) is 12.1 Å². The Morgan fingerprint density at radius 1 is 0.718 bits per heavy atom. The van der Waals surface area contributed by atoms with E-state index in [2.05, 4.69) is 0 Å². The summed E-state index contributed by atoms with van der Waals surface area (Å²) in [5.41, 5.74) is -0.296. The molecule has 4 nitrogen and oxygen atoms in total. The number of allylic oxidation sites excluding steroid dienone is 8. The first-order chi connectivity index (χ1) is 18.6. The van der Waals surface area contributed by atoms with Crippen molar-refractivity contribution in [1.29, 1.82) is 0 Å². The van der Waals surface area contributed by atoms with E-state index in [1.165, 1.54) is 35.8 Å². The molecule has 2 aliphatic carbocycles. The molecule has 0 unspecified atom stereocenters. The Hall–Kier alpha value is -3.23. The van der Waals surface area contributed by atoms with E-state index in [-0.39, 0.29) is 37.3 Å². The van der Waals surface area contributed by atoms with Crippen LogP contribution in [0.15, 0.2) is 68.5 Å². The number of amides is 2. The number of benzene rings is 2. The zero-order chi connectivity index (χ0) is 28.5. The zero-order valence-electron chi connectivity index (χ0n) is 22.3. The van der Waals surface area contributed by atoms with Crippen LogP contribution in [-0.2, 0) is 26.2 Å². The molecule has 2 aliphatic rings. The van der Waals surface area contributed by atoms with Gasteiger partial charge in [-0.2, -0.15) is 0 Å². The second kappa shape index (κ2) is 11.5. The van der Waals surface area contributed by atoms with Crippen molar-refractivity contribution in [1.82, 2.24) is 0 Å². The van der Waals surface area contributed by atoms with E-state index in [9.17, 15) is 9.59 Å². The minimum absolute atomic E-state index is 0.119. The number of hydrogen-bond acceptors (Lipinski definition) is 2. The van der Waals surface area contributed by atoms with Crippen LogP contribution in [0.1, 0.15) is 40.5 Å². The summed E-state index contributed by atoms with van der Waals surface area (Å²) in [4.78, 5) is 27.1. The van der Waals surface area contributed by atoms with Gasteiger partial charge < -0.3 is 0 Å². The number of carbonyl (C=O) groups is 2. The monoisotopic (exact) mass is 574 g/mol. The van der Waals surface area contributed by atoms with Gasteiger partial charge in [-0.1, -0.05) is 0 Å². The summed E-state index contributed by atoms with van der Waals surface area (Å²) in [5, 5.41) is 0. The Labute approximate surface area is 229 Å². The number of anilines is 2. The Balaban J connectivity index is 2.21. The predicted octanol–water partition coefficient (Wildman–Crippen LogP) is 5.78. The fourth-order valence-electron chi connectivity index (χ4n) is 5.74. The van der Waals surface area contributed by atoms with Crippen LogP contribution in [-0.4, -0.2) is 24.9 Å². The van der Waals surface area contributed by atoms with Crippen LogP contribution < -0.4 is 17.5 Å². The third kappa shape index (κ3) is 4.74. The van der Waals surface area contributed by atoms with Crippen molar-refractivity contribution in [2.24, 2.45) is 0 Å². The second-order valence-electron chi connectivity index (χ2n) is 9.44. The second-order valence-corrected chi connectivity index (χ2v) is 15.3. The molecule has 0 fully saturated rings. The quantitative estimate of drug-likeness (QED) is 0.296. The van der Waals surface area contributed by atoms with Gasteiger partial charge in [0.05, 0.1) is 0 Å². The van der Waals surface area contributed by atoms with Gasteiger partial charge in [0.15, 0.2) is 0 Å². The summed E-state index contributed by atoms with van der Waals surface area (Å²) >= 11 is -5.07. The minimum atomic E-state index is -5.07. The van der Waals surface area contributed by atoms with Gasteiger partial charge in [-0.05, 0) is 0 Å². The van der Waals surface area contributed by atoms with Crippen LogP contribution in [0.25, 0.3) is 0 Å². The molecule has 4 rings (SSSR count). The SMILES string of the molecule is CCN(C(C)=O)c1ccc(F)[c]([Ti]([C]2=CC=CC2)([C]2=CC=CC2)[c]2c(F)ccc(N(CC)C(C)=O)c2F)c1F. The maximum atomic E-state index is 16.7. The van der Waals surface area contributed by atoms with Gasteiger partial charge in [-0.25, -0.2) is 0 Å². The summed E-state index contributed by atoms with van der Waals surface area (Å²) in [6.45, 7) is 6.11. The third-order valence-corrected chi connectivity index (χ3v) is 15.3. The first kappa shape index (κ1) is 28.8. The van der Waals surface area contributed by atoms with Gasteiger partial charge in [0, 0.05) is 0 Å². The van der Waals surface area contributed by atoms with Crippen LogP contribution in [0.5, 0.6) is 0 Å². The molecule has 0 saturated carbocycles. The maximum absolute atomic E-state index is 16.7. The molecule has 0 aliphatic heterocycles. The van der Waals surface area contributed by atoms with Crippen LogP contribution in [0, 0.1) is 23.3 Å². The summed E-state index contributed by atoms with van der Waals surface area (Å²) < 4.78 is 66.0. The molecule has 0 atom stereocenters. The molecule has 9 heteroatoms. The van der Waals surface area contributed by atoms with E-state index in [4.69, 9.17) is 0 Å². The van der Waals surface area contributed by atoms with Crippen LogP contribution in [0.2, 0.25) is 0 Å². The van der Waals surface area contributed by atoms with Gasteiger partial charge in [0.1, 0.15) is 0 Å². The van der Waals surface area contributed by atoms with E-state index in [0.29, 0.717) is 7.76 Å². The van der Waals surface area contributed by atoms with Crippen molar-refractivity contribution in [3.05, 3.63) is 91.7 Å². The van der Waals surface area contributed by atoms with Crippen molar-refractivity contribution in [2.45, 2.75) is 40.5 Å². The number of carbonyl (C=O) groups excluding carboxylic acids is 2. The van der Waals surface area contributed by atoms with Gasteiger partial charge >= 0.3 is 230 Å². The molecule has 0 bridgehead atoms. The number of halogens is 4. The van der Waals surface area contributed by atoms with Crippen molar-refractivity contribution in [3.63, 3.8) is 0 Å². The molecule has 39 heavy (non-hydrogen) atoms. The molecule has 0 N–H and O–H groups in total. The first-order valence-electron chi connectivity index (χ1n) is 12.9. The molecule has 204 valence electrons. The molecule has 2 amide bonds. The van der Waals surface area contributed by atoms with E-state index >= 15 is 17.6 Å². The average molecular weight is 574 g/mol. The van der Waals surface area contributed by atoms with Crippen LogP contribution in [0.4, 0.5) is 28.9 Å². The molecular weight excluding hydrogens is 544 g/mol. The van der Waals surface area contributed by atoms with E-state index in [1.54, 1.807) is 50.3 Å². The standard InChI is InChI=1S/2C10H10F2NO.2C5H5.Ti/c2*1-3-13(7(2)14)10-5-4-8(11)6-9(10)12;2*1-2-4-5-3-1;/h2*4-5H,3H2,1-2H3;2*1-3H,4H2;. The molecule has 0 aromatic heterocycles. The average Bonchev–Trinajstić information content (AvgIpc) is 3.61. The van der Waals surface area contributed by atoms with Crippen LogP contribution >= 0.6 is 0 Å². The molecule has 2 aromatic rings. The number of nitrogens with zero attached hydrogens (tertiary/aromatic N) is 2. The summed E-state index contributed by atoms with van der Waals surface area (Å²) in [6.07, 6.45) is 10.9. The fraction of sp³-hybridized carbons (Fsp3) is 0.267. The number of rotatable bonds is 8. The fourth-order valence-corrected chi connectivity index (χ4v) is 14.0. The summed E-state index contributed by atoms with van der Waals surface area (Å²) in [5.74, 6) is -4.77. The Morgan fingerprint density at radius 3 is 1.38 bits per heavy atom. The summed E-state index contributed by atoms with van der Waals surface area (Å²) in [6, 6.07) is 4.51. The molecule has 0 saturated heterocycles. The first-order valence-corrected chi connectivity index (χ1v) is 16.0. The molecule has 0 radical (unpaired) electrons. The van der Waals surface area contributed by atoms with Crippen molar-refractivity contribution < 1.29 is 43.7 Å². The molecule has 0 spiro atoms. The Bertz CT molecular complexity index is 1350. The Morgan fingerprint density at radius 2 is 1.10 bits per heavy atom. The zero-order valence-corrected chi connectivity index (χ0v) is 23.9. The normalized spacial score (nSPS) is 14.5. The topological polar surface area (TPSA) is 40.6 Å². The van der Waals surface area contributed by atoms with E-state index < -0.39 is 59.4 Å². The molecular formula is C30H30F4N2O2Ti.